The van der Waals surface area contributed by atoms with Crippen molar-refractivity contribution in [3.63, 3.8) is 0 Å². The molecular formula is C15H32N2. The van der Waals surface area contributed by atoms with E-state index in [1.54, 1.807) is 0 Å². The van der Waals surface area contributed by atoms with Crippen LogP contribution in [0.5, 0.6) is 0 Å². The van der Waals surface area contributed by atoms with Gasteiger partial charge in [-0.15, -0.1) is 0 Å². The minimum Gasteiger partial charge on any atom is -0.311 e. The van der Waals surface area contributed by atoms with E-state index in [9.17, 15) is 0 Å². The lowest BCUT2D eigenvalue weighted by Gasteiger charge is -2.47. The Kier molecular flexibility index (Phi) is 5.46. The fourth-order valence-corrected chi connectivity index (χ4v) is 2.62. The van der Waals surface area contributed by atoms with Crippen LogP contribution in [0.1, 0.15) is 54.4 Å². The van der Waals surface area contributed by atoms with Crippen LogP contribution >= 0.6 is 0 Å². The first kappa shape index (κ1) is 15.0. The second-order valence-electron chi connectivity index (χ2n) is 7.15. The summed E-state index contributed by atoms with van der Waals surface area (Å²) in [6, 6.07) is 0.690. The molecular weight excluding hydrogens is 208 g/mol. The van der Waals surface area contributed by atoms with Crippen LogP contribution in [0.3, 0.4) is 0 Å². The molecule has 102 valence electrons. The second-order valence-corrected chi connectivity index (χ2v) is 7.15. The molecule has 1 saturated heterocycles. The van der Waals surface area contributed by atoms with Gasteiger partial charge in [-0.25, -0.2) is 0 Å². The van der Waals surface area contributed by atoms with E-state index in [4.69, 9.17) is 0 Å². The molecule has 2 heteroatoms. The molecule has 0 aromatic heterocycles. The molecule has 0 aromatic carbocycles. The molecule has 1 aliphatic rings. The molecule has 0 aliphatic carbocycles. The van der Waals surface area contributed by atoms with Gasteiger partial charge in [0, 0.05) is 24.7 Å². The maximum Gasteiger partial charge on any atom is 0.0278 e. The predicted molar refractivity (Wildman–Crippen MR) is 76.4 cm³/mol. The first-order valence-corrected chi connectivity index (χ1v) is 7.29. The van der Waals surface area contributed by atoms with Crippen LogP contribution < -0.4 is 5.32 Å². The third-order valence-corrected chi connectivity index (χ3v) is 3.85. The first-order valence-electron chi connectivity index (χ1n) is 7.29. The van der Waals surface area contributed by atoms with E-state index in [0.29, 0.717) is 11.6 Å². The number of hydrogen-bond acceptors (Lipinski definition) is 2. The normalized spacial score (nSPS) is 25.8. The van der Waals surface area contributed by atoms with E-state index in [1.807, 2.05) is 0 Å². The summed E-state index contributed by atoms with van der Waals surface area (Å²) < 4.78 is 0. The molecule has 0 spiro atoms. The van der Waals surface area contributed by atoms with Crippen LogP contribution in [-0.2, 0) is 0 Å². The number of piperazine rings is 1. The standard InChI is InChI=1S/C15H32N2/c1-12(2)7-8-17-10-14(9-13(3)4)16-11-15(17,5)6/h12-14,16H,7-11H2,1-6H3. The summed E-state index contributed by atoms with van der Waals surface area (Å²) >= 11 is 0. The molecule has 1 N–H and O–H groups in total. The summed E-state index contributed by atoms with van der Waals surface area (Å²) in [7, 11) is 0. The highest BCUT2D eigenvalue weighted by atomic mass is 15.3. The van der Waals surface area contributed by atoms with Crippen molar-refractivity contribution in [2.24, 2.45) is 11.8 Å². The van der Waals surface area contributed by atoms with Crippen molar-refractivity contribution in [2.45, 2.75) is 66.0 Å². The Hall–Kier alpha value is -0.0800. The lowest BCUT2D eigenvalue weighted by molar-refractivity contribution is 0.0567. The molecule has 17 heavy (non-hydrogen) atoms. The Bertz CT molecular complexity index is 221. The minimum atomic E-state index is 0.322. The van der Waals surface area contributed by atoms with E-state index >= 15 is 0 Å². The molecule has 1 unspecified atom stereocenters. The number of nitrogens with one attached hydrogen (secondary N) is 1. The third kappa shape index (κ3) is 4.97. The van der Waals surface area contributed by atoms with Crippen molar-refractivity contribution in [2.75, 3.05) is 19.6 Å². The minimum absolute atomic E-state index is 0.322. The van der Waals surface area contributed by atoms with Crippen LogP contribution in [0.4, 0.5) is 0 Å². The zero-order valence-corrected chi connectivity index (χ0v) is 12.7. The van der Waals surface area contributed by atoms with E-state index in [1.165, 1.54) is 25.9 Å². The average Bonchev–Trinajstić information content (AvgIpc) is 2.17. The summed E-state index contributed by atoms with van der Waals surface area (Å²) in [5.41, 5.74) is 0.322. The Balaban J connectivity index is 2.50. The van der Waals surface area contributed by atoms with Crippen molar-refractivity contribution in [1.29, 1.82) is 0 Å². The van der Waals surface area contributed by atoms with Gasteiger partial charge in [0.25, 0.3) is 0 Å². The maximum absolute atomic E-state index is 3.72. The van der Waals surface area contributed by atoms with Crippen molar-refractivity contribution in [3.8, 4) is 0 Å². The van der Waals surface area contributed by atoms with Gasteiger partial charge in [0.15, 0.2) is 0 Å². The molecule has 2 nitrogen and oxygen atoms in total. The lowest BCUT2D eigenvalue weighted by Crippen LogP contribution is -2.62. The van der Waals surface area contributed by atoms with Crippen LogP contribution in [0, 0.1) is 11.8 Å². The Morgan fingerprint density at radius 2 is 1.82 bits per heavy atom. The molecule has 1 atom stereocenters. The van der Waals surface area contributed by atoms with Crippen molar-refractivity contribution >= 4 is 0 Å². The van der Waals surface area contributed by atoms with Gasteiger partial charge in [-0.1, -0.05) is 27.7 Å². The molecule has 0 bridgehead atoms. The number of nitrogens with zero attached hydrogens (tertiary/aromatic N) is 1. The molecule has 0 saturated carbocycles. The zero-order chi connectivity index (χ0) is 13.1. The largest absolute Gasteiger partial charge is 0.311 e. The van der Waals surface area contributed by atoms with Crippen LogP contribution in [0.2, 0.25) is 0 Å². The highest BCUT2D eigenvalue weighted by molar-refractivity contribution is 4.93. The van der Waals surface area contributed by atoms with Gasteiger partial charge in [-0.3, -0.25) is 4.90 Å². The van der Waals surface area contributed by atoms with E-state index < -0.39 is 0 Å². The van der Waals surface area contributed by atoms with Crippen molar-refractivity contribution in [1.82, 2.24) is 10.2 Å². The summed E-state index contributed by atoms with van der Waals surface area (Å²) in [6.45, 7) is 17.6. The summed E-state index contributed by atoms with van der Waals surface area (Å²) in [5.74, 6) is 1.60. The fourth-order valence-electron chi connectivity index (χ4n) is 2.62. The number of rotatable bonds is 5. The van der Waals surface area contributed by atoms with Gasteiger partial charge in [-0.2, -0.15) is 0 Å². The van der Waals surface area contributed by atoms with E-state index in [-0.39, 0.29) is 0 Å². The molecule has 0 radical (unpaired) electrons. The topological polar surface area (TPSA) is 15.3 Å². The van der Waals surface area contributed by atoms with Gasteiger partial charge >= 0.3 is 0 Å². The lowest BCUT2D eigenvalue weighted by atomic mass is 9.93. The van der Waals surface area contributed by atoms with Gasteiger partial charge < -0.3 is 5.32 Å². The first-order chi connectivity index (χ1) is 7.81. The SMILES string of the molecule is CC(C)CCN1CC(CC(C)C)NCC1(C)C. The average molecular weight is 240 g/mol. The Morgan fingerprint density at radius 3 is 2.35 bits per heavy atom. The second kappa shape index (κ2) is 6.19. The van der Waals surface area contributed by atoms with Crippen molar-refractivity contribution < 1.29 is 0 Å². The van der Waals surface area contributed by atoms with Gasteiger partial charge in [-0.05, 0) is 45.1 Å². The summed E-state index contributed by atoms with van der Waals surface area (Å²) in [6.07, 6.45) is 2.62. The molecule has 0 amide bonds. The molecule has 1 heterocycles. The third-order valence-electron chi connectivity index (χ3n) is 3.85. The van der Waals surface area contributed by atoms with E-state index in [0.717, 1.165) is 18.4 Å². The van der Waals surface area contributed by atoms with Gasteiger partial charge in [0.2, 0.25) is 0 Å². The highest BCUT2D eigenvalue weighted by Gasteiger charge is 2.33. The van der Waals surface area contributed by atoms with E-state index in [2.05, 4.69) is 51.8 Å². The number of hydrogen-bond donors (Lipinski definition) is 1. The smallest absolute Gasteiger partial charge is 0.0278 e. The molecule has 0 aromatic rings. The quantitative estimate of drug-likeness (QED) is 0.794. The van der Waals surface area contributed by atoms with Gasteiger partial charge in [0.1, 0.15) is 0 Å². The Labute approximate surface area is 108 Å². The molecule has 1 fully saturated rings. The van der Waals surface area contributed by atoms with Crippen LogP contribution in [0.25, 0.3) is 0 Å². The van der Waals surface area contributed by atoms with Crippen LogP contribution in [-0.4, -0.2) is 36.1 Å². The molecule has 1 aliphatic heterocycles. The monoisotopic (exact) mass is 240 g/mol. The molecule has 1 rings (SSSR count). The summed E-state index contributed by atoms with van der Waals surface area (Å²) in [4.78, 5) is 2.69. The van der Waals surface area contributed by atoms with Crippen LogP contribution in [0.15, 0.2) is 0 Å². The Morgan fingerprint density at radius 1 is 1.18 bits per heavy atom. The zero-order valence-electron chi connectivity index (χ0n) is 12.7. The van der Waals surface area contributed by atoms with Crippen molar-refractivity contribution in [3.05, 3.63) is 0 Å². The van der Waals surface area contributed by atoms with Gasteiger partial charge in [0.05, 0.1) is 0 Å². The highest BCUT2D eigenvalue weighted by Crippen LogP contribution is 2.22. The predicted octanol–water partition coefficient (Wildman–Crippen LogP) is 3.13. The maximum atomic E-state index is 3.72. The fraction of sp³-hybridized carbons (Fsp3) is 1.00. The summed E-state index contributed by atoms with van der Waals surface area (Å²) in [5, 5.41) is 3.72.